The van der Waals surface area contributed by atoms with Crippen molar-refractivity contribution in [3.63, 3.8) is 0 Å². The minimum absolute atomic E-state index is 0.00675. The molecule has 0 fully saturated rings. The normalized spacial score (nSPS) is 17.5. The van der Waals surface area contributed by atoms with Gasteiger partial charge in [0, 0.05) is 7.11 Å². The lowest BCUT2D eigenvalue weighted by Gasteiger charge is -2.26. The van der Waals surface area contributed by atoms with Gasteiger partial charge in [-0.3, -0.25) is 0 Å². The van der Waals surface area contributed by atoms with Gasteiger partial charge in [-0.1, -0.05) is 30.3 Å². The number of hydrogen-bond donors (Lipinski definition) is 1. The molecule has 1 atom stereocenters. The molecule has 1 aliphatic heterocycles. The number of benzene rings is 1. The van der Waals surface area contributed by atoms with Gasteiger partial charge in [-0.25, -0.2) is 4.79 Å². The molecule has 0 spiro atoms. The van der Waals surface area contributed by atoms with Crippen LogP contribution in [0.25, 0.3) is 0 Å². The molecular formula is C17H18N2O4. The summed E-state index contributed by atoms with van der Waals surface area (Å²) in [6.07, 6.45) is 0. The first-order valence-electron chi connectivity index (χ1n) is 7.09. The third kappa shape index (κ3) is 3.52. The Kier molecular flexibility index (Phi) is 5.39. The molecule has 1 aliphatic rings. The van der Waals surface area contributed by atoms with Crippen molar-refractivity contribution in [2.45, 2.75) is 12.8 Å². The van der Waals surface area contributed by atoms with Crippen LogP contribution in [0.5, 0.6) is 0 Å². The largest absolute Gasteiger partial charge is 0.460 e. The zero-order valence-corrected chi connectivity index (χ0v) is 13.0. The summed E-state index contributed by atoms with van der Waals surface area (Å²) in [6, 6.07) is 11.2. The monoisotopic (exact) mass is 314 g/mol. The Bertz CT molecular complexity index is 686. The number of carbonyl (C=O) groups excluding carboxylic acids is 1. The highest BCUT2D eigenvalue weighted by molar-refractivity contribution is 5.92. The average molecular weight is 314 g/mol. The second-order valence-corrected chi connectivity index (χ2v) is 4.93. The minimum Gasteiger partial charge on any atom is -0.460 e. The summed E-state index contributed by atoms with van der Waals surface area (Å²) in [5.74, 6) is -0.816. The molecule has 0 radical (unpaired) electrons. The van der Waals surface area contributed by atoms with Gasteiger partial charge in [-0.2, -0.15) is 5.26 Å². The summed E-state index contributed by atoms with van der Waals surface area (Å²) in [5.41, 5.74) is 7.06. The maximum absolute atomic E-state index is 12.4. The van der Waals surface area contributed by atoms with Gasteiger partial charge in [0.05, 0.1) is 18.1 Å². The van der Waals surface area contributed by atoms with Crippen molar-refractivity contribution in [1.29, 1.82) is 5.26 Å². The van der Waals surface area contributed by atoms with E-state index in [9.17, 15) is 10.1 Å². The molecule has 0 saturated carbocycles. The van der Waals surface area contributed by atoms with Crippen LogP contribution < -0.4 is 5.73 Å². The molecule has 2 rings (SSSR count). The Balaban J connectivity index is 2.43. The number of nitrogens with zero attached hydrogens (tertiary/aromatic N) is 1. The molecule has 23 heavy (non-hydrogen) atoms. The summed E-state index contributed by atoms with van der Waals surface area (Å²) in [6.45, 7) is 2.04. The van der Waals surface area contributed by atoms with Crippen LogP contribution in [-0.4, -0.2) is 26.3 Å². The Morgan fingerprint density at radius 2 is 2.04 bits per heavy atom. The van der Waals surface area contributed by atoms with E-state index in [0.29, 0.717) is 5.76 Å². The standard InChI is InChI=1S/C17H18N2O4/c1-11-14(17(20)22-9-8-21-2)15(12-6-4-3-5-7-12)13(10-18)16(19)23-11/h3-7,15H,8-9,19H2,1-2H3. The Morgan fingerprint density at radius 1 is 1.35 bits per heavy atom. The number of methoxy groups -OCH3 is 1. The first-order valence-corrected chi connectivity index (χ1v) is 7.09. The topological polar surface area (TPSA) is 94.6 Å². The lowest BCUT2D eigenvalue weighted by atomic mass is 9.83. The van der Waals surface area contributed by atoms with Crippen molar-refractivity contribution >= 4 is 5.97 Å². The summed E-state index contributed by atoms with van der Waals surface area (Å²) in [7, 11) is 1.52. The van der Waals surface area contributed by atoms with Crippen molar-refractivity contribution in [2.24, 2.45) is 5.73 Å². The molecule has 2 N–H and O–H groups in total. The molecule has 0 bridgehead atoms. The number of nitriles is 1. The highest BCUT2D eigenvalue weighted by Gasteiger charge is 2.36. The lowest BCUT2D eigenvalue weighted by molar-refractivity contribution is -0.140. The van der Waals surface area contributed by atoms with Gasteiger partial charge >= 0.3 is 5.97 Å². The van der Waals surface area contributed by atoms with Crippen LogP contribution in [0, 0.1) is 11.3 Å². The Hall–Kier alpha value is -2.78. The van der Waals surface area contributed by atoms with E-state index in [1.807, 2.05) is 36.4 Å². The van der Waals surface area contributed by atoms with Crippen LogP contribution in [0.1, 0.15) is 18.4 Å². The molecule has 1 aromatic carbocycles. The Labute approximate surface area is 134 Å². The number of hydrogen-bond acceptors (Lipinski definition) is 6. The van der Waals surface area contributed by atoms with Gasteiger partial charge in [-0.05, 0) is 12.5 Å². The van der Waals surface area contributed by atoms with E-state index in [0.717, 1.165) is 5.56 Å². The molecule has 0 saturated heterocycles. The van der Waals surface area contributed by atoms with E-state index in [2.05, 4.69) is 0 Å². The van der Waals surface area contributed by atoms with E-state index in [4.69, 9.17) is 19.9 Å². The van der Waals surface area contributed by atoms with Gasteiger partial charge in [0.1, 0.15) is 24.0 Å². The average Bonchev–Trinajstić information content (AvgIpc) is 2.55. The van der Waals surface area contributed by atoms with Crippen LogP contribution in [0.2, 0.25) is 0 Å². The summed E-state index contributed by atoms with van der Waals surface area (Å²) in [4.78, 5) is 12.4. The quantitative estimate of drug-likeness (QED) is 0.659. The predicted octanol–water partition coefficient (Wildman–Crippen LogP) is 1.96. The zero-order valence-electron chi connectivity index (χ0n) is 13.0. The maximum Gasteiger partial charge on any atom is 0.338 e. The third-order valence-electron chi connectivity index (χ3n) is 3.48. The highest BCUT2D eigenvalue weighted by Crippen LogP contribution is 2.39. The smallest absolute Gasteiger partial charge is 0.338 e. The van der Waals surface area contributed by atoms with E-state index in [-0.39, 0.29) is 30.2 Å². The van der Waals surface area contributed by atoms with Crippen LogP contribution in [0.3, 0.4) is 0 Å². The summed E-state index contributed by atoms with van der Waals surface area (Å²) in [5, 5.41) is 9.43. The van der Waals surface area contributed by atoms with Crippen molar-refractivity contribution < 1.29 is 19.0 Å². The second-order valence-electron chi connectivity index (χ2n) is 4.93. The first-order chi connectivity index (χ1) is 11.1. The van der Waals surface area contributed by atoms with Crippen LogP contribution in [-0.2, 0) is 19.0 Å². The van der Waals surface area contributed by atoms with E-state index < -0.39 is 11.9 Å². The molecule has 0 aliphatic carbocycles. The van der Waals surface area contributed by atoms with Gasteiger partial charge in [0.25, 0.3) is 0 Å². The zero-order chi connectivity index (χ0) is 16.8. The van der Waals surface area contributed by atoms with Gasteiger partial charge in [0.15, 0.2) is 0 Å². The van der Waals surface area contributed by atoms with E-state index >= 15 is 0 Å². The second kappa shape index (κ2) is 7.47. The fourth-order valence-electron chi connectivity index (χ4n) is 2.42. The van der Waals surface area contributed by atoms with Gasteiger partial charge < -0.3 is 19.9 Å². The van der Waals surface area contributed by atoms with Gasteiger partial charge in [-0.15, -0.1) is 0 Å². The molecule has 1 unspecified atom stereocenters. The third-order valence-corrected chi connectivity index (χ3v) is 3.48. The van der Waals surface area contributed by atoms with E-state index in [1.54, 1.807) is 6.92 Å². The molecule has 6 nitrogen and oxygen atoms in total. The summed E-state index contributed by atoms with van der Waals surface area (Å²) < 4.78 is 15.4. The van der Waals surface area contributed by atoms with Crippen molar-refractivity contribution in [3.8, 4) is 6.07 Å². The molecule has 1 heterocycles. The van der Waals surface area contributed by atoms with Crippen LogP contribution >= 0.6 is 0 Å². The van der Waals surface area contributed by atoms with Crippen molar-refractivity contribution in [1.82, 2.24) is 0 Å². The Morgan fingerprint density at radius 3 is 2.65 bits per heavy atom. The number of nitrogens with two attached hydrogens (primary N) is 1. The maximum atomic E-state index is 12.4. The van der Waals surface area contributed by atoms with Crippen molar-refractivity contribution in [3.05, 3.63) is 58.7 Å². The van der Waals surface area contributed by atoms with Gasteiger partial charge in [0.2, 0.25) is 5.88 Å². The molecule has 0 amide bonds. The highest BCUT2D eigenvalue weighted by atomic mass is 16.6. The first kappa shape index (κ1) is 16.6. The fraction of sp³-hybridized carbons (Fsp3) is 0.294. The number of carbonyl (C=O) groups is 1. The van der Waals surface area contributed by atoms with E-state index in [1.165, 1.54) is 7.11 Å². The SMILES string of the molecule is COCCOC(=O)C1=C(C)OC(N)=C(C#N)C1c1ccccc1. The molecule has 0 aromatic heterocycles. The number of esters is 1. The molecule has 1 aromatic rings. The lowest BCUT2D eigenvalue weighted by Crippen LogP contribution is -2.26. The molecule has 6 heteroatoms. The van der Waals surface area contributed by atoms with Crippen LogP contribution in [0.15, 0.2) is 53.1 Å². The fourth-order valence-corrected chi connectivity index (χ4v) is 2.42. The van der Waals surface area contributed by atoms with Crippen molar-refractivity contribution in [2.75, 3.05) is 20.3 Å². The number of ether oxygens (including phenoxy) is 3. The number of rotatable bonds is 5. The summed E-state index contributed by atoms with van der Waals surface area (Å²) >= 11 is 0. The minimum atomic E-state index is -0.606. The molecule has 120 valence electrons. The predicted molar refractivity (Wildman–Crippen MR) is 82.6 cm³/mol. The van der Waals surface area contributed by atoms with Crippen LogP contribution in [0.4, 0.5) is 0 Å². The number of allylic oxidation sites excluding steroid dienone is 2. The molecular weight excluding hydrogens is 296 g/mol.